The van der Waals surface area contributed by atoms with Crippen molar-refractivity contribution >= 4 is 16.3 Å². The lowest BCUT2D eigenvalue weighted by Gasteiger charge is -2.01. The van der Waals surface area contributed by atoms with E-state index in [1.807, 2.05) is 4.52 Å². The number of fused-ring (bicyclic) bond motifs is 1. The fourth-order valence-corrected chi connectivity index (χ4v) is 3.64. The Balaban J connectivity index is 1.99. The van der Waals surface area contributed by atoms with Crippen molar-refractivity contribution in [2.45, 2.75) is 40.5 Å². The van der Waals surface area contributed by atoms with Crippen LogP contribution in [-0.4, -0.2) is 14.6 Å². The van der Waals surface area contributed by atoms with E-state index in [0.717, 1.165) is 29.2 Å². The predicted octanol–water partition coefficient (Wildman–Crippen LogP) is 4.53. The Kier molecular flexibility index (Phi) is 3.81. The minimum absolute atomic E-state index is 0.627. The number of imidazole rings is 1. The van der Waals surface area contributed by atoms with E-state index in [1.54, 1.807) is 11.3 Å². The Labute approximate surface area is 129 Å². The van der Waals surface area contributed by atoms with Crippen molar-refractivity contribution in [2.75, 3.05) is 0 Å². The molecule has 3 rings (SSSR count). The number of rotatable bonds is 4. The highest BCUT2D eigenvalue weighted by molar-refractivity contribution is 7.16. The molecule has 0 saturated heterocycles. The van der Waals surface area contributed by atoms with Crippen LogP contribution in [0.5, 0.6) is 0 Å². The van der Waals surface area contributed by atoms with Crippen LogP contribution in [0.1, 0.15) is 37.0 Å². The molecule has 0 spiro atoms. The third-order valence-electron chi connectivity index (χ3n) is 3.69. The van der Waals surface area contributed by atoms with Gasteiger partial charge in [0.15, 0.2) is 0 Å². The van der Waals surface area contributed by atoms with Crippen LogP contribution in [0.15, 0.2) is 24.3 Å². The highest BCUT2D eigenvalue weighted by Gasteiger charge is 2.15. The zero-order valence-corrected chi connectivity index (χ0v) is 13.9. The normalized spacial score (nSPS) is 11.7. The van der Waals surface area contributed by atoms with Crippen LogP contribution >= 0.6 is 11.3 Å². The molecule has 0 aliphatic heterocycles. The molecule has 3 nitrogen and oxygen atoms in total. The Morgan fingerprint density at radius 2 is 1.90 bits per heavy atom. The van der Waals surface area contributed by atoms with Crippen LogP contribution in [0.25, 0.3) is 16.2 Å². The van der Waals surface area contributed by atoms with Crippen molar-refractivity contribution in [3.05, 3.63) is 40.5 Å². The molecule has 0 aliphatic rings. The number of hydrogen-bond acceptors (Lipinski definition) is 3. The lowest BCUT2D eigenvalue weighted by Crippen LogP contribution is -1.96. The molecular formula is C17H21N3S. The molecule has 110 valence electrons. The maximum atomic E-state index is 4.78. The molecule has 0 aliphatic carbocycles. The van der Waals surface area contributed by atoms with Crippen molar-refractivity contribution < 1.29 is 0 Å². The van der Waals surface area contributed by atoms with Crippen molar-refractivity contribution in [1.29, 1.82) is 0 Å². The highest BCUT2D eigenvalue weighted by atomic mass is 32.1. The summed E-state index contributed by atoms with van der Waals surface area (Å²) in [5.74, 6) is 0.627. The van der Waals surface area contributed by atoms with Crippen molar-refractivity contribution in [3.63, 3.8) is 0 Å². The Bertz CT molecular complexity index is 750. The summed E-state index contributed by atoms with van der Waals surface area (Å²) < 4.78 is 1.99. The smallest absolute Gasteiger partial charge is 0.212 e. The summed E-state index contributed by atoms with van der Waals surface area (Å²) in [5.41, 5.74) is 4.70. The van der Waals surface area contributed by atoms with Gasteiger partial charge in [-0.25, -0.2) is 9.50 Å². The van der Waals surface area contributed by atoms with Gasteiger partial charge >= 0.3 is 0 Å². The number of aryl methyl sites for hydroxylation is 2. The zero-order valence-electron chi connectivity index (χ0n) is 13.1. The molecule has 0 amide bonds. The van der Waals surface area contributed by atoms with Gasteiger partial charge in [0.25, 0.3) is 0 Å². The highest BCUT2D eigenvalue weighted by Crippen LogP contribution is 2.27. The monoisotopic (exact) mass is 299 g/mol. The average molecular weight is 299 g/mol. The molecule has 21 heavy (non-hydrogen) atoms. The number of benzene rings is 1. The van der Waals surface area contributed by atoms with E-state index >= 15 is 0 Å². The van der Waals surface area contributed by atoms with Crippen molar-refractivity contribution in [1.82, 2.24) is 14.6 Å². The molecule has 0 unspecified atom stereocenters. The minimum Gasteiger partial charge on any atom is -0.217 e. The van der Waals surface area contributed by atoms with Crippen LogP contribution in [-0.2, 0) is 12.8 Å². The minimum atomic E-state index is 0.627. The SMILES string of the molecule is CCc1ccc(-c2nc3sc(CC(C)C)nn3c2C)cc1. The molecule has 4 heteroatoms. The summed E-state index contributed by atoms with van der Waals surface area (Å²) in [7, 11) is 0. The van der Waals surface area contributed by atoms with Crippen molar-refractivity contribution in [3.8, 4) is 11.3 Å². The first-order valence-corrected chi connectivity index (χ1v) is 8.34. The van der Waals surface area contributed by atoms with Crippen molar-refractivity contribution in [2.24, 2.45) is 5.92 Å². The van der Waals surface area contributed by atoms with Crippen LogP contribution in [0.4, 0.5) is 0 Å². The molecule has 2 heterocycles. The van der Waals surface area contributed by atoms with Gasteiger partial charge in [-0.1, -0.05) is 56.4 Å². The lowest BCUT2D eigenvalue weighted by molar-refractivity contribution is 0.636. The van der Waals surface area contributed by atoms with E-state index in [1.165, 1.54) is 16.1 Å². The molecule has 0 fully saturated rings. The maximum absolute atomic E-state index is 4.78. The van der Waals surface area contributed by atoms with Crippen LogP contribution in [0.2, 0.25) is 0 Å². The van der Waals surface area contributed by atoms with E-state index < -0.39 is 0 Å². The average Bonchev–Trinajstić information content (AvgIpc) is 2.98. The van der Waals surface area contributed by atoms with Gasteiger partial charge in [0.1, 0.15) is 5.01 Å². The van der Waals surface area contributed by atoms with Gasteiger partial charge in [-0.2, -0.15) is 5.10 Å². The van der Waals surface area contributed by atoms with Gasteiger partial charge in [-0.15, -0.1) is 0 Å². The van der Waals surface area contributed by atoms with E-state index in [9.17, 15) is 0 Å². The molecule has 0 saturated carbocycles. The summed E-state index contributed by atoms with van der Waals surface area (Å²) in [6, 6.07) is 8.68. The van der Waals surface area contributed by atoms with Gasteiger partial charge in [-0.05, 0) is 24.8 Å². The quantitative estimate of drug-likeness (QED) is 0.708. The zero-order chi connectivity index (χ0) is 15.0. The van der Waals surface area contributed by atoms with Gasteiger partial charge < -0.3 is 0 Å². The molecule has 3 aromatic rings. The number of nitrogens with zero attached hydrogens (tertiary/aromatic N) is 3. The summed E-state index contributed by atoms with van der Waals surface area (Å²) >= 11 is 1.70. The summed E-state index contributed by atoms with van der Waals surface area (Å²) in [5, 5.41) is 5.87. The molecule has 0 atom stereocenters. The molecule has 1 aromatic carbocycles. The second-order valence-corrected chi connectivity index (χ2v) is 6.92. The first-order chi connectivity index (χ1) is 10.1. The van der Waals surface area contributed by atoms with Crippen LogP contribution < -0.4 is 0 Å². The van der Waals surface area contributed by atoms with Gasteiger partial charge in [0.2, 0.25) is 4.96 Å². The fourth-order valence-electron chi connectivity index (χ4n) is 2.49. The first-order valence-electron chi connectivity index (χ1n) is 7.52. The Morgan fingerprint density at radius 1 is 1.19 bits per heavy atom. The molecule has 0 bridgehead atoms. The number of aromatic nitrogens is 3. The largest absolute Gasteiger partial charge is 0.217 e. The molecular weight excluding hydrogens is 278 g/mol. The second-order valence-electron chi connectivity index (χ2n) is 5.88. The summed E-state index contributed by atoms with van der Waals surface area (Å²) in [4.78, 5) is 5.78. The summed E-state index contributed by atoms with van der Waals surface area (Å²) in [6.07, 6.45) is 2.09. The lowest BCUT2D eigenvalue weighted by atomic mass is 10.1. The van der Waals surface area contributed by atoms with E-state index in [2.05, 4.69) is 52.0 Å². The molecule has 0 radical (unpaired) electrons. The third kappa shape index (κ3) is 2.72. The Hall–Kier alpha value is -1.68. The predicted molar refractivity (Wildman–Crippen MR) is 89.0 cm³/mol. The third-order valence-corrected chi connectivity index (χ3v) is 4.62. The number of hydrogen-bond donors (Lipinski definition) is 0. The molecule has 0 N–H and O–H groups in total. The summed E-state index contributed by atoms with van der Waals surface area (Å²) in [6.45, 7) is 8.71. The maximum Gasteiger partial charge on any atom is 0.212 e. The van der Waals surface area contributed by atoms with E-state index in [-0.39, 0.29) is 0 Å². The topological polar surface area (TPSA) is 30.2 Å². The Morgan fingerprint density at radius 3 is 2.48 bits per heavy atom. The molecule has 2 aromatic heterocycles. The van der Waals surface area contributed by atoms with Gasteiger partial charge in [-0.3, -0.25) is 0 Å². The van der Waals surface area contributed by atoms with Gasteiger partial charge in [0.05, 0.1) is 11.4 Å². The van der Waals surface area contributed by atoms with Gasteiger partial charge in [0, 0.05) is 12.0 Å². The second kappa shape index (κ2) is 5.60. The van der Waals surface area contributed by atoms with Crippen LogP contribution in [0, 0.1) is 12.8 Å². The van der Waals surface area contributed by atoms with E-state index in [4.69, 9.17) is 10.1 Å². The van der Waals surface area contributed by atoms with Crippen LogP contribution in [0.3, 0.4) is 0 Å². The fraction of sp³-hybridized carbons (Fsp3) is 0.412. The standard InChI is InChI=1S/C17H21N3S/c1-5-13-6-8-14(9-7-13)16-12(4)20-17(18-16)21-15(19-20)10-11(2)3/h6-9,11H,5,10H2,1-4H3. The first kappa shape index (κ1) is 14.3. The van der Waals surface area contributed by atoms with E-state index in [0.29, 0.717) is 5.92 Å².